The maximum absolute atomic E-state index is 14.5. The van der Waals surface area contributed by atoms with Gasteiger partial charge in [0.1, 0.15) is 17.6 Å². The number of rotatable bonds is 11. The van der Waals surface area contributed by atoms with Crippen LogP contribution in [-0.2, 0) is 17.8 Å². The molecule has 1 aromatic carbocycles. The zero-order chi connectivity index (χ0) is 29.8. The number of nitriles is 1. The molecule has 0 spiro atoms. The predicted octanol–water partition coefficient (Wildman–Crippen LogP) is 5.50. The van der Waals surface area contributed by atoms with Crippen LogP contribution in [0.25, 0.3) is 22.2 Å². The Balaban J connectivity index is 0.00000423. The van der Waals surface area contributed by atoms with E-state index in [-0.39, 0.29) is 35.7 Å². The minimum Gasteiger partial charge on any atom is -0.482 e. The van der Waals surface area contributed by atoms with E-state index in [1.165, 1.54) is 17.2 Å². The maximum Gasteiger partial charge on any atom is 0.265 e. The van der Waals surface area contributed by atoms with Crippen LogP contribution in [0.15, 0.2) is 36.7 Å². The molecule has 5 rings (SSSR count). The molecule has 0 aliphatic carbocycles. The van der Waals surface area contributed by atoms with Gasteiger partial charge in [0.15, 0.2) is 6.61 Å². The van der Waals surface area contributed by atoms with Gasteiger partial charge in [-0.2, -0.15) is 12.2 Å². The Hall–Kier alpha value is -5.20. The van der Waals surface area contributed by atoms with Crippen molar-refractivity contribution in [1.29, 1.82) is 5.26 Å². The number of nitrogens with zero attached hydrogens (tertiary/aromatic N) is 6. The fourth-order valence-corrected chi connectivity index (χ4v) is 5.12. The number of fused-ring (bicyclic) bond motifs is 2. The van der Waals surface area contributed by atoms with Gasteiger partial charge in [-0.05, 0) is 53.6 Å². The van der Waals surface area contributed by atoms with Crippen LogP contribution in [0.5, 0.6) is 5.75 Å². The van der Waals surface area contributed by atoms with Gasteiger partial charge in [0, 0.05) is 23.7 Å². The third kappa shape index (κ3) is 6.35. The van der Waals surface area contributed by atoms with Gasteiger partial charge < -0.3 is 26.1 Å². The second-order valence-corrected chi connectivity index (χ2v) is 10.9. The molecule has 9 nitrogen and oxygen atoms in total. The molecule has 3 aromatic heterocycles. The van der Waals surface area contributed by atoms with E-state index in [1.54, 1.807) is 23.0 Å². The number of pyridine rings is 2. The Morgan fingerprint density at radius 2 is 2.07 bits per heavy atom. The number of halogens is 2. The number of carbonyl (C=O) groups excluding carboxylic acids is 1. The molecule has 0 saturated carbocycles. The summed E-state index contributed by atoms with van der Waals surface area (Å²) in [4.78, 5) is 23.2. The zero-order valence-electron chi connectivity index (χ0n) is 24.0. The number of nitrogens with one attached hydrogen (secondary N) is 1. The number of ether oxygens (including phenoxy) is 1. The molecule has 0 fully saturated rings. The van der Waals surface area contributed by atoms with Crippen molar-refractivity contribution >= 4 is 34.2 Å². The summed E-state index contributed by atoms with van der Waals surface area (Å²) in [5, 5.41) is 19.1. The van der Waals surface area contributed by atoms with Crippen LogP contribution < -0.4 is 15.0 Å². The first-order valence-electron chi connectivity index (χ1n) is 13.8. The zero-order valence-corrected chi connectivity index (χ0v) is 27.3. The first-order chi connectivity index (χ1) is 20.3. The molecule has 0 atom stereocenters. The van der Waals surface area contributed by atoms with E-state index in [9.17, 15) is 14.4 Å². The van der Waals surface area contributed by atoms with Crippen LogP contribution in [0.1, 0.15) is 44.1 Å². The van der Waals surface area contributed by atoms with E-state index < -0.39 is 5.82 Å². The van der Waals surface area contributed by atoms with Gasteiger partial charge in [0.25, 0.3) is 5.91 Å². The first kappa shape index (κ1) is 30.8. The topological polar surface area (TPSA) is 109 Å². The van der Waals surface area contributed by atoms with E-state index in [1.807, 2.05) is 19.5 Å². The molecule has 4 heterocycles. The summed E-state index contributed by atoms with van der Waals surface area (Å²) in [5.41, 5.74) is 3.86. The molecule has 1 aliphatic rings. The van der Waals surface area contributed by atoms with Gasteiger partial charge in [0.2, 0.25) is 0 Å². The monoisotopic (exact) mass is 839 g/mol. The van der Waals surface area contributed by atoms with Crippen LogP contribution in [0.2, 0.25) is 5.02 Å². The average molecular weight is 840 g/mol. The van der Waals surface area contributed by atoms with Crippen LogP contribution in [0, 0.1) is 36.0 Å². The third-order valence-corrected chi connectivity index (χ3v) is 7.09. The Kier molecular flexibility index (Phi) is 9.43. The van der Waals surface area contributed by atoms with E-state index >= 15 is 0 Å². The summed E-state index contributed by atoms with van der Waals surface area (Å²) in [6, 6.07) is 8.94. The van der Waals surface area contributed by atoms with Crippen molar-refractivity contribution in [1.82, 2.24) is 25.1 Å². The average Bonchev–Trinajstić information content (AvgIpc) is 3.36. The summed E-state index contributed by atoms with van der Waals surface area (Å²) >= 11 is 5.85. The van der Waals surface area contributed by atoms with E-state index in [0.29, 0.717) is 40.3 Å². The Morgan fingerprint density at radius 3 is 2.79 bits per heavy atom. The molecular weight excluding hydrogens is 809 g/mol. The van der Waals surface area contributed by atoms with Crippen molar-refractivity contribution in [3.05, 3.63) is 77.4 Å². The largest absolute Gasteiger partial charge is 0.482 e. The minimum absolute atomic E-state index is 0. The number of anilines is 1. The maximum atomic E-state index is 14.5. The SMILES string of the molecule is C[CH-]CNCC[CH-]n1ncc2c(-c3ccc4c(c3)OCC(=O)N4Cc3ncc(Cl)cc3F)c(C#N)c(CC(C)C)nc21.[Es]. The van der Waals surface area contributed by atoms with Crippen molar-refractivity contribution in [2.75, 3.05) is 24.6 Å². The van der Waals surface area contributed by atoms with Crippen molar-refractivity contribution in [2.24, 2.45) is 5.92 Å². The molecule has 43 heavy (non-hydrogen) atoms. The fraction of sp³-hybridized carbons (Fsp3) is 0.323. The van der Waals surface area contributed by atoms with Gasteiger partial charge in [0.05, 0.1) is 28.5 Å². The minimum atomic E-state index is -0.594. The Morgan fingerprint density at radius 1 is 1.26 bits per heavy atom. The van der Waals surface area contributed by atoms with Crippen LogP contribution in [0.4, 0.5) is 10.1 Å². The predicted molar refractivity (Wildman–Crippen MR) is 159 cm³/mol. The van der Waals surface area contributed by atoms with Gasteiger partial charge in [-0.25, -0.2) is 9.49 Å². The van der Waals surface area contributed by atoms with Crippen LogP contribution in [0.3, 0.4) is 0 Å². The molecule has 1 amide bonds. The number of carbonyl (C=O) groups is 1. The van der Waals surface area contributed by atoms with Crippen molar-refractivity contribution in [2.45, 2.75) is 40.2 Å². The second kappa shape index (κ2) is 13.2. The van der Waals surface area contributed by atoms with E-state index in [2.05, 4.69) is 41.7 Å². The normalized spacial score (nSPS) is 12.6. The number of hydrogen-bond donors (Lipinski definition) is 1. The molecular formula is C31H31ClEsFN7O2-2. The summed E-state index contributed by atoms with van der Waals surface area (Å²) in [6.07, 6.45) is 6.50. The van der Waals surface area contributed by atoms with Gasteiger partial charge in [-0.15, -0.1) is 13.1 Å². The van der Waals surface area contributed by atoms with E-state index in [4.69, 9.17) is 21.3 Å². The van der Waals surface area contributed by atoms with E-state index in [0.717, 1.165) is 30.5 Å². The summed E-state index contributed by atoms with van der Waals surface area (Å²) in [6.45, 7) is 9.49. The standard InChI is InChI=1S/C31H31ClFN7O2.Es/c1-4-8-35-9-5-10-40-31-23(16-37-40)30(22(14-34)25(38-31)11-19(2)3)20-6-7-27-28(12-20)42-18-29(41)39(27)17-26-24(33)13-21(32)15-36-26;/h4,6-7,10,12-13,15-16,19,35H,5,8-9,11,17-18H2,1-3H3;/q-2;. The summed E-state index contributed by atoms with van der Waals surface area (Å²) < 4.78 is 22.1. The third-order valence-electron chi connectivity index (χ3n) is 6.89. The number of aromatic nitrogens is 4. The summed E-state index contributed by atoms with van der Waals surface area (Å²) in [7, 11) is 0. The number of benzene rings is 1. The Labute approximate surface area is 249 Å². The smallest absolute Gasteiger partial charge is 0.265 e. The van der Waals surface area contributed by atoms with Crippen LogP contribution >= 0.6 is 11.6 Å². The molecule has 4 aromatic rings. The van der Waals surface area contributed by atoms with Crippen molar-refractivity contribution in [3.63, 3.8) is 0 Å². The first-order valence-corrected chi connectivity index (χ1v) is 14.2. The van der Waals surface area contributed by atoms with Gasteiger partial charge >= 0.3 is 0 Å². The molecule has 1 radical (unpaired) electrons. The van der Waals surface area contributed by atoms with Gasteiger partial charge in [-0.1, -0.05) is 37.9 Å². The molecule has 1 N–H and O–H groups in total. The molecule has 0 saturated heterocycles. The molecule has 12 heteroatoms. The molecule has 1 aliphatic heterocycles. The second-order valence-electron chi connectivity index (χ2n) is 10.5. The van der Waals surface area contributed by atoms with Crippen molar-refractivity contribution < 1.29 is 13.9 Å². The molecule has 0 unspecified atom stereocenters. The molecule has 0 bridgehead atoms. The number of amides is 1. The fourth-order valence-electron chi connectivity index (χ4n) is 4.97. The quantitative estimate of drug-likeness (QED) is 0.157. The molecule has 229 valence electrons. The number of hydrogen-bond acceptors (Lipinski definition) is 7. The van der Waals surface area contributed by atoms with Crippen molar-refractivity contribution in [3.8, 4) is 22.9 Å². The Bertz CT molecular complexity index is 1670. The summed E-state index contributed by atoms with van der Waals surface area (Å²) in [5.74, 6) is -0.196. The van der Waals surface area contributed by atoms with Crippen LogP contribution in [-0.4, -0.2) is 45.4 Å². The van der Waals surface area contributed by atoms with Gasteiger partial charge in [-0.3, -0.25) is 14.7 Å².